The molecule has 5 N–H and O–H groups in total. The molecular weight excluding hydrogens is 278 g/mol. The number of phenols is 1. The van der Waals surface area contributed by atoms with Crippen LogP contribution in [0.5, 0.6) is 5.75 Å². The lowest BCUT2D eigenvalue weighted by Crippen LogP contribution is -2.53. The molecule has 1 aromatic rings. The molecule has 0 aromatic heterocycles. The standard InChI is InChI=1S/C14H19NO6/c1-8(17)13(19)12(7-16)15-11(14(20)21)6-9-2-4-10(18)5-3-9/h2-5,11-13,15-16,18-19H,6-7H2,1H3,(H,20,21)/t11-,12-,13+/m0/s1. The summed E-state index contributed by atoms with van der Waals surface area (Å²) in [5.74, 6) is -1.66. The second-order valence-electron chi connectivity index (χ2n) is 4.77. The summed E-state index contributed by atoms with van der Waals surface area (Å²) in [6, 6.07) is 3.87. The number of carboxylic acid groups (broad SMARTS) is 1. The van der Waals surface area contributed by atoms with E-state index in [0.717, 1.165) is 6.92 Å². The van der Waals surface area contributed by atoms with E-state index in [1.54, 1.807) is 12.1 Å². The number of hydrogen-bond acceptors (Lipinski definition) is 6. The Bertz CT molecular complexity index is 487. The van der Waals surface area contributed by atoms with Crippen LogP contribution >= 0.6 is 0 Å². The largest absolute Gasteiger partial charge is 0.508 e. The topological polar surface area (TPSA) is 127 Å². The van der Waals surface area contributed by atoms with Crippen molar-refractivity contribution < 1.29 is 30.0 Å². The Kier molecular flexibility index (Phi) is 6.29. The van der Waals surface area contributed by atoms with Gasteiger partial charge in [0.1, 0.15) is 17.9 Å². The number of phenolic OH excluding ortho intramolecular Hbond substituents is 1. The zero-order valence-electron chi connectivity index (χ0n) is 11.6. The first-order chi connectivity index (χ1) is 9.85. The molecule has 0 spiro atoms. The van der Waals surface area contributed by atoms with E-state index in [-0.39, 0.29) is 12.2 Å². The second-order valence-corrected chi connectivity index (χ2v) is 4.77. The lowest BCUT2D eigenvalue weighted by Gasteiger charge is -2.24. The van der Waals surface area contributed by atoms with Crippen molar-refractivity contribution in [1.82, 2.24) is 5.32 Å². The number of rotatable bonds is 8. The van der Waals surface area contributed by atoms with Crippen molar-refractivity contribution >= 4 is 11.8 Å². The van der Waals surface area contributed by atoms with E-state index in [1.807, 2.05) is 0 Å². The van der Waals surface area contributed by atoms with Crippen LogP contribution in [0.4, 0.5) is 0 Å². The lowest BCUT2D eigenvalue weighted by molar-refractivity contribution is -0.140. The maximum absolute atomic E-state index is 11.3. The van der Waals surface area contributed by atoms with Gasteiger partial charge >= 0.3 is 5.97 Å². The molecule has 0 saturated heterocycles. The number of Topliss-reactive ketones (excluding diaryl/α,β-unsaturated/α-hetero) is 1. The van der Waals surface area contributed by atoms with E-state index >= 15 is 0 Å². The molecule has 0 aliphatic rings. The maximum Gasteiger partial charge on any atom is 0.321 e. The van der Waals surface area contributed by atoms with Gasteiger partial charge in [-0.3, -0.25) is 14.9 Å². The first-order valence-electron chi connectivity index (χ1n) is 6.41. The van der Waals surface area contributed by atoms with Crippen LogP contribution in [0.25, 0.3) is 0 Å². The molecule has 0 heterocycles. The number of carboxylic acids is 1. The second kappa shape index (κ2) is 7.72. The number of aliphatic carboxylic acids is 1. The minimum absolute atomic E-state index is 0.0684. The molecule has 0 amide bonds. The fourth-order valence-electron chi connectivity index (χ4n) is 1.87. The zero-order chi connectivity index (χ0) is 16.0. The van der Waals surface area contributed by atoms with Crippen LogP contribution in [0.3, 0.4) is 0 Å². The molecule has 0 aliphatic carbocycles. The van der Waals surface area contributed by atoms with Crippen LogP contribution < -0.4 is 5.32 Å². The van der Waals surface area contributed by atoms with Gasteiger partial charge in [0.15, 0.2) is 5.78 Å². The van der Waals surface area contributed by atoms with Crippen molar-refractivity contribution in [3.8, 4) is 5.75 Å². The Balaban J connectivity index is 2.79. The van der Waals surface area contributed by atoms with Crippen molar-refractivity contribution in [3.63, 3.8) is 0 Å². The molecule has 1 aromatic carbocycles. The van der Waals surface area contributed by atoms with Gasteiger partial charge in [-0.15, -0.1) is 0 Å². The van der Waals surface area contributed by atoms with Gasteiger partial charge in [0.25, 0.3) is 0 Å². The molecule has 0 bridgehead atoms. The normalized spacial score (nSPS) is 15.2. The fourth-order valence-corrected chi connectivity index (χ4v) is 1.87. The molecule has 21 heavy (non-hydrogen) atoms. The van der Waals surface area contributed by atoms with Crippen molar-refractivity contribution in [2.45, 2.75) is 31.5 Å². The predicted octanol–water partition coefficient (Wildman–Crippen LogP) is -0.712. The Morgan fingerprint density at radius 1 is 1.24 bits per heavy atom. The molecule has 0 radical (unpaired) electrons. The predicted molar refractivity (Wildman–Crippen MR) is 73.9 cm³/mol. The van der Waals surface area contributed by atoms with Gasteiger partial charge in [-0.25, -0.2) is 0 Å². The fraction of sp³-hybridized carbons (Fsp3) is 0.429. The third kappa shape index (κ3) is 5.14. The summed E-state index contributed by atoms with van der Waals surface area (Å²) in [7, 11) is 0. The van der Waals surface area contributed by atoms with Crippen LogP contribution in [0.15, 0.2) is 24.3 Å². The molecule has 0 aliphatic heterocycles. The first kappa shape index (κ1) is 17.1. The molecule has 1 rings (SSSR count). The smallest absolute Gasteiger partial charge is 0.321 e. The van der Waals surface area contributed by atoms with Gasteiger partial charge in [-0.05, 0) is 31.0 Å². The molecule has 7 nitrogen and oxygen atoms in total. The summed E-state index contributed by atoms with van der Waals surface area (Å²) in [6.45, 7) is 0.588. The van der Waals surface area contributed by atoms with E-state index in [1.165, 1.54) is 12.1 Å². The lowest BCUT2D eigenvalue weighted by atomic mass is 10.0. The van der Waals surface area contributed by atoms with E-state index in [9.17, 15) is 30.0 Å². The average Bonchev–Trinajstić information content (AvgIpc) is 2.44. The monoisotopic (exact) mass is 297 g/mol. The number of hydrogen-bond donors (Lipinski definition) is 5. The third-order valence-corrected chi connectivity index (χ3v) is 3.08. The Hall–Kier alpha value is -1.96. The number of aromatic hydroxyl groups is 1. The molecule has 0 unspecified atom stereocenters. The van der Waals surface area contributed by atoms with Gasteiger partial charge in [-0.1, -0.05) is 12.1 Å². The van der Waals surface area contributed by atoms with Crippen LogP contribution in [0.2, 0.25) is 0 Å². The SMILES string of the molecule is CC(=O)[C@@H](O)[C@H](CO)N[C@@H](Cc1ccc(O)cc1)C(=O)O. The van der Waals surface area contributed by atoms with Gasteiger partial charge in [0.05, 0.1) is 12.6 Å². The van der Waals surface area contributed by atoms with Gasteiger partial charge in [0.2, 0.25) is 0 Å². The van der Waals surface area contributed by atoms with Crippen molar-refractivity contribution in [2.24, 2.45) is 0 Å². The maximum atomic E-state index is 11.3. The first-order valence-corrected chi connectivity index (χ1v) is 6.41. The van der Waals surface area contributed by atoms with Crippen LogP contribution in [-0.4, -0.2) is 57.0 Å². The molecule has 3 atom stereocenters. The minimum atomic E-state index is -1.48. The van der Waals surface area contributed by atoms with Crippen molar-refractivity contribution in [1.29, 1.82) is 0 Å². The summed E-state index contributed by atoms with van der Waals surface area (Å²) < 4.78 is 0. The molecule has 116 valence electrons. The van der Waals surface area contributed by atoms with Gasteiger partial charge in [0, 0.05) is 0 Å². The van der Waals surface area contributed by atoms with E-state index in [2.05, 4.69) is 5.32 Å². The zero-order valence-corrected chi connectivity index (χ0v) is 11.6. The van der Waals surface area contributed by atoms with Gasteiger partial charge in [-0.2, -0.15) is 0 Å². The van der Waals surface area contributed by atoms with Crippen molar-refractivity contribution in [2.75, 3.05) is 6.61 Å². The number of aliphatic hydroxyl groups excluding tert-OH is 2. The highest BCUT2D eigenvalue weighted by Crippen LogP contribution is 2.12. The number of nitrogens with one attached hydrogen (secondary N) is 1. The number of ketones is 1. The van der Waals surface area contributed by atoms with Crippen molar-refractivity contribution in [3.05, 3.63) is 29.8 Å². The molecule has 7 heteroatoms. The summed E-state index contributed by atoms with van der Waals surface area (Å²) >= 11 is 0. The molecular formula is C14H19NO6. The third-order valence-electron chi connectivity index (χ3n) is 3.08. The number of carbonyl (C=O) groups is 2. The number of aliphatic hydroxyl groups is 2. The Morgan fingerprint density at radius 3 is 2.24 bits per heavy atom. The molecule has 0 fully saturated rings. The van der Waals surface area contributed by atoms with E-state index in [0.29, 0.717) is 5.56 Å². The summed E-state index contributed by atoms with van der Waals surface area (Å²) in [5.41, 5.74) is 0.654. The summed E-state index contributed by atoms with van der Waals surface area (Å²) in [6.07, 6.45) is -1.40. The minimum Gasteiger partial charge on any atom is -0.508 e. The quantitative estimate of drug-likeness (QED) is 0.429. The molecule has 0 saturated carbocycles. The van der Waals surface area contributed by atoms with Crippen LogP contribution in [-0.2, 0) is 16.0 Å². The Labute approximate surface area is 121 Å². The Morgan fingerprint density at radius 2 is 1.81 bits per heavy atom. The van der Waals surface area contributed by atoms with E-state index < -0.39 is 36.5 Å². The highest BCUT2D eigenvalue weighted by Gasteiger charge is 2.28. The van der Waals surface area contributed by atoms with E-state index in [4.69, 9.17) is 0 Å². The van der Waals surface area contributed by atoms with Crippen LogP contribution in [0.1, 0.15) is 12.5 Å². The number of carbonyl (C=O) groups excluding carboxylic acids is 1. The summed E-state index contributed by atoms with van der Waals surface area (Å²) in [4.78, 5) is 22.4. The van der Waals surface area contributed by atoms with Gasteiger partial charge < -0.3 is 20.4 Å². The highest BCUT2D eigenvalue weighted by molar-refractivity contribution is 5.81. The highest BCUT2D eigenvalue weighted by atomic mass is 16.4. The average molecular weight is 297 g/mol. The van der Waals surface area contributed by atoms with Crippen LogP contribution in [0, 0.1) is 0 Å². The number of benzene rings is 1. The summed E-state index contributed by atoms with van der Waals surface area (Å²) in [5, 5.41) is 39.7.